The van der Waals surface area contributed by atoms with Crippen molar-refractivity contribution in [2.75, 3.05) is 11.1 Å². The van der Waals surface area contributed by atoms with Gasteiger partial charge in [0.15, 0.2) is 0 Å². The maximum absolute atomic E-state index is 11.9. The Kier molecular flexibility index (Phi) is 4.99. The zero-order valence-electron chi connectivity index (χ0n) is 12.6. The highest BCUT2D eigenvalue weighted by molar-refractivity contribution is 5.93. The third-order valence-corrected chi connectivity index (χ3v) is 3.47. The third-order valence-electron chi connectivity index (χ3n) is 3.47. The van der Waals surface area contributed by atoms with Gasteiger partial charge in [0, 0.05) is 6.42 Å². The van der Waals surface area contributed by atoms with Crippen LogP contribution in [0.2, 0.25) is 0 Å². The molecule has 0 aliphatic rings. The topological polar surface area (TPSA) is 55.1 Å². The van der Waals surface area contributed by atoms with Crippen LogP contribution in [0.15, 0.2) is 42.5 Å². The lowest BCUT2D eigenvalue weighted by Crippen LogP contribution is -2.13. The average molecular weight is 282 g/mol. The fourth-order valence-electron chi connectivity index (χ4n) is 2.22. The predicted octanol–water partition coefficient (Wildman–Crippen LogP) is 3.85. The lowest BCUT2D eigenvalue weighted by molar-refractivity contribution is -0.116. The van der Waals surface area contributed by atoms with E-state index in [4.69, 9.17) is 5.73 Å². The van der Waals surface area contributed by atoms with Crippen LogP contribution in [-0.2, 0) is 11.2 Å². The van der Waals surface area contributed by atoms with E-state index in [9.17, 15) is 4.79 Å². The molecule has 0 spiro atoms. The Hall–Kier alpha value is -2.29. The predicted molar refractivity (Wildman–Crippen MR) is 88.3 cm³/mol. The Morgan fingerprint density at radius 3 is 2.38 bits per heavy atom. The van der Waals surface area contributed by atoms with Crippen molar-refractivity contribution in [3.8, 4) is 0 Å². The second-order valence-corrected chi connectivity index (χ2v) is 5.48. The first-order valence-electron chi connectivity index (χ1n) is 7.26. The second kappa shape index (κ2) is 6.93. The summed E-state index contributed by atoms with van der Waals surface area (Å²) in [4.78, 5) is 11.9. The molecule has 0 bridgehead atoms. The van der Waals surface area contributed by atoms with Gasteiger partial charge in [-0.3, -0.25) is 4.79 Å². The van der Waals surface area contributed by atoms with E-state index < -0.39 is 0 Å². The van der Waals surface area contributed by atoms with Gasteiger partial charge < -0.3 is 11.1 Å². The van der Waals surface area contributed by atoms with E-state index in [2.05, 4.69) is 36.5 Å². The third kappa shape index (κ3) is 4.63. The molecule has 0 heterocycles. The van der Waals surface area contributed by atoms with Crippen LogP contribution in [0.25, 0.3) is 0 Å². The first-order valence-corrected chi connectivity index (χ1v) is 7.26. The highest BCUT2D eigenvalue weighted by atomic mass is 16.1. The normalized spacial score (nSPS) is 10.4. The minimum Gasteiger partial charge on any atom is -0.397 e. The summed E-state index contributed by atoms with van der Waals surface area (Å²) in [5.41, 5.74) is 10.8. The molecule has 2 aromatic rings. The number of aryl methyl sites for hydroxylation is 3. The molecule has 0 radical (unpaired) electrons. The van der Waals surface area contributed by atoms with Crippen LogP contribution in [0.3, 0.4) is 0 Å². The van der Waals surface area contributed by atoms with E-state index in [1.54, 1.807) is 0 Å². The number of anilines is 2. The lowest BCUT2D eigenvalue weighted by Gasteiger charge is -2.09. The van der Waals surface area contributed by atoms with Gasteiger partial charge in [-0.15, -0.1) is 0 Å². The molecule has 0 fully saturated rings. The molecule has 110 valence electrons. The van der Waals surface area contributed by atoms with Gasteiger partial charge in [-0.1, -0.05) is 35.9 Å². The Morgan fingerprint density at radius 2 is 1.71 bits per heavy atom. The van der Waals surface area contributed by atoms with Crippen molar-refractivity contribution < 1.29 is 4.79 Å². The number of hydrogen-bond acceptors (Lipinski definition) is 2. The van der Waals surface area contributed by atoms with Crippen molar-refractivity contribution in [2.45, 2.75) is 33.1 Å². The molecule has 0 aliphatic carbocycles. The van der Waals surface area contributed by atoms with Crippen LogP contribution < -0.4 is 11.1 Å². The SMILES string of the molecule is Cc1ccc(CCCC(=O)Nc2ccc(C)cc2N)cc1. The molecule has 1 amide bonds. The number of hydrogen-bond donors (Lipinski definition) is 2. The van der Waals surface area contributed by atoms with Gasteiger partial charge in [-0.2, -0.15) is 0 Å². The van der Waals surface area contributed by atoms with Gasteiger partial charge in [0.2, 0.25) is 5.91 Å². The number of nitrogens with one attached hydrogen (secondary N) is 1. The number of nitrogens with two attached hydrogens (primary N) is 1. The molecule has 0 saturated heterocycles. The highest BCUT2D eigenvalue weighted by Crippen LogP contribution is 2.19. The zero-order chi connectivity index (χ0) is 15.2. The van der Waals surface area contributed by atoms with Gasteiger partial charge in [0.25, 0.3) is 0 Å². The van der Waals surface area contributed by atoms with Crippen LogP contribution in [0.1, 0.15) is 29.5 Å². The molecular formula is C18H22N2O. The monoisotopic (exact) mass is 282 g/mol. The number of nitrogen functional groups attached to an aromatic ring is 1. The molecule has 21 heavy (non-hydrogen) atoms. The van der Waals surface area contributed by atoms with Gasteiger partial charge >= 0.3 is 0 Å². The summed E-state index contributed by atoms with van der Waals surface area (Å²) in [6, 6.07) is 14.1. The van der Waals surface area contributed by atoms with Crippen molar-refractivity contribution in [2.24, 2.45) is 0 Å². The second-order valence-electron chi connectivity index (χ2n) is 5.48. The van der Waals surface area contributed by atoms with Crippen molar-refractivity contribution >= 4 is 17.3 Å². The number of carbonyl (C=O) groups excluding carboxylic acids is 1. The van der Waals surface area contributed by atoms with Crippen LogP contribution in [-0.4, -0.2) is 5.91 Å². The molecule has 3 N–H and O–H groups in total. The van der Waals surface area contributed by atoms with E-state index in [0.717, 1.165) is 18.4 Å². The Labute approximate surface area is 126 Å². The summed E-state index contributed by atoms with van der Waals surface area (Å²) in [6.45, 7) is 4.05. The van der Waals surface area contributed by atoms with Crippen LogP contribution >= 0.6 is 0 Å². The lowest BCUT2D eigenvalue weighted by atomic mass is 10.1. The van der Waals surface area contributed by atoms with E-state index in [1.165, 1.54) is 11.1 Å². The molecule has 3 nitrogen and oxygen atoms in total. The minimum absolute atomic E-state index is 0.0117. The van der Waals surface area contributed by atoms with Crippen molar-refractivity contribution in [3.05, 3.63) is 59.2 Å². The maximum Gasteiger partial charge on any atom is 0.224 e. The van der Waals surface area contributed by atoms with Gasteiger partial charge in [-0.05, 0) is 49.9 Å². The first-order chi connectivity index (χ1) is 10.0. The number of rotatable bonds is 5. The van der Waals surface area contributed by atoms with E-state index in [-0.39, 0.29) is 5.91 Å². The number of carbonyl (C=O) groups is 1. The standard InChI is InChI=1S/C18H22N2O/c1-13-6-9-15(10-7-13)4-3-5-18(21)20-17-11-8-14(2)12-16(17)19/h6-12H,3-5,19H2,1-2H3,(H,20,21). The zero-order valence-corrected chi connectivity index (χ0v) is 12.6. The Morgan fingerprint density at radius 1 is 1.05 bits per heavy atom. The highest BCUT2D eigenvalue weighted by Gasteiger charge is 2.05. The van der Waals surface area contributed by atoms with Crippen molar-refractivity contribution in [1.29, 1.82) is 0 Å². The Bertz CT molecular complexity index is 618. The van der Waals surface area contributed by atoms with E-state index in [0.29, 0.717) is 17.8 Å². The van der Waals surface area contributed by atoms with Crippen LogP contribution in [0.4, 0.5) is 11.4 Å². The molecular weight excluding hydrogens is 260 g/mol. The molecule has 0 saturated carbocycles. The van der Waals surface area contributed by atoms with Crippen LogP contribution in [0, 0.1) is 13.8 Å². The van der Waals surface area contributed by atoms with Gasteiger partial charge in [-0.25, -0.2) is 0 Å². The fourth-order valence-corrected chi connectivity index (χ4v) is 2.22. The van der Waals surface area contributed by atoms with E-state index in [1.807, 2.05) is 25.1 Å². The minimum atomic E-state index is 0.0117. The number of amides is 1. The van der Waals surface area contributed by atoms with Gasteiger partial charge in [0.05, 0.1) is 11.4 Å². The summed E-state index contributed by atoms with van der Waals surface area (Å²) >= 11 is 0. The summed E-state index contributed by atoms with van der Waals surface area (Å²) in [7, 11) is 0. The average Bonchev–Trinajstić information content (AvgIpc) is 2.44. The molecule has 2 aromatic carbocycles. The quantitative estimate of drug-likeness (QED) is 0.818. The molecule has 2 rings (SSSR count). The largest absolute Gasteiger partial charge is 0.397 e. The molecule has 0 aliphatic heterocycles. The summed E-state index contributed by atoms with van der Waals surface area (Å²) in [5.74, 6) is 0.0117. The Balaban J connectivity index is 1.81. The van der Waals surface area contributed by atoms with Crippen LogP contribution in [0.5, 0.6) is 0 Å². The smallest absolute Gasteiger partial charge is 0.224 e. The number of benzene rings is 2. The van der Waals surface area contributed by atoms with E-state index >= 15 is 0 Å². The van der Waals surface area contributed by atoms with Crippen molar-refractivity contribution in [1.82, 2.24) is 0 Å². The maximum atomic E-state index is 11.9. The fraction of sp³-hybridized carbons (Fsp3) is 0.278. The molecule has 3 heteroatoms. The summed E-state index contributed by atoms with van der Waals surface area (Å²) in [6.07, 6.45) is 2.25. The molecule has 0 unspecified atom stereocenters. The summed E-state index contributed by atoms with van der Waals surface area (Å²) < 4.78 is 0. The van der Waals surface area contributed by atoms with Gasteiger partial charge in [0.1, 0.15) is 0 Å². The van der Waals surface area contributed by atoms with Crippen molar-refractivity contribution in [3.63, 3.8) is 0 Å². The molecule has 0 aromatic heterocycles. The molecule has 0 atom stereocenters. The first kappa shape index (κ1) is 15.1. The summed E-state index contributed by atoms with van der Waals surface area (Å²) in [5, 5.41) is 2.87.